The van der Waals surface area contributed by atoms with Gasteiger partial charge in [0, 0.05) is 36.8 Å². The zero-order valence-electron chi connectivity index (χ0n) is 11.8. The predicted octanol–water partition coefficient (Wildman–Crippen LogP) is 3.18. The van der Waals surface area contributed by atoms with E-state index in [1.54, 1.807) is 0 Å². The average Bonchev–Trinajstić information content (AvgIpc) is 3.15. The normalized spacial score (nSPS) is 13.0. The van der Waals surface area contributed by atoms with Crippen LogP contribution in [-0.4, -0.2) is 21.1 Å². The van der Waals surface area contributed by atoms with Gasteiger partial charge >= 0.3 is 0 Å². The molecular formula is C17H15N3O. The molecule has 3 aromatic rings. The largest absolute Gasteiger partial charge is 0.493 e. The lowest BCUT2D eigenvalue weighted by Crippen LogP contribution is -1.99. The summed E-state index contributed by atoms with van der Waals surface area (Å²) in [5, 5.41) is 0. The Hall–Kier alpha value is -2.62. The van der Waals surface area contributed by atoms with Crippen LogP contribution < -0.4 is 4.74 Å². The fourth-order valence-electron chi connectivity index (χ4n) is 2.77. The third-order valence-electron chi connectivity index (χ3n) is 3.84. The summed E-state index contributed by atoms with van der Waals surface area (Å²) in [7, 11) is 0. The Bertz CT molecular complexity index is 807. The minimum atomic E-state index is 0.774. The third kappa shape index (κ3) is 2.00. The molecule has 0 saturated heterocycles. The van der Waals surface area contributed by atoms with Crippen LogP contribution in [0.4, 0.5) is 0 Å². The monoisotopic (exact) mass is 277 g/mol. The Morgan fingerprint density at radius 2 is 2.14 bits per heavy atom. The van der Waals surface area contributed by atoms with E-state index in [0.717, 1.165) is 41.4 Å². The van der Waals surface area contributed by atoms with E-state index in [1.807, 2.05) is 36.9 Å². The Labute approximate surface area is 123 Å². The fraction of sp³-hybridized carbons (Fsp3) is 0.176. The van der Waals surface area contributed by atoms with Crippen molar-refractivity contribution >= 4 is 0 Å². The number of rotatable bonds is 2. The number of fused-ring (bicyclic) bond motifs is 1. The first kappa shape index (κ1) is 12.1. The van der Waals surface area contributed by atoms with Crippen LogP contribution in [0, 0.1) is 6.92 Å². The second-order valence-electron chi connectivity index (χ2n) is 5.20. The zero-order valence-corrected chi connectivity index (χ0v) is 11.8. The van der Waals surface area contributed by atoms with Crippen molar-refractivity contribution in [2.24, 2.45) is 0 Å². The summed E-state index contributed by atoms with van der Waals surface area (Å²) in [6.07, 6.45) is 8.47. The van der Waals surface area contributed by atoms with E-state index < -0.39 is 0 Å². The number of hydrogen-bond donors (Lipinski definition) is 0. The molecule has 0 amide bonds. The Kier molecular flexibility index (Phi) is 2.74. The van der Waals surface area contributed by atoms with Gasteiger partial charge in [0.05, 0.1) is 12.3 Å². The van der Waals surface area contributed by atoms with E-state index in [4.69, 9.17) is 4.74 Å². The van der Waals surface area contributed by atoms with Gasteiger partial charge in [-0.2, -0.15) is 0 Å². The quantitative estimate of drug-likeness (QED) is 0.722. The Morgan fingerprint density at radius 3 is 3.05 bits per heavy atom. The fourth-order valence-corrected chi connectivity index (χ4v) is 2.77. The molecule has 4 rings (SSSR count). The minimum Gasteiger partial charge on any atom is -0.493 e. The van der Waals surface area contributed by atoms with Gasteiger partial charge < -0.3 is 4.74 Å². The van der Waals surface area contributed by atoms with Gasteiger partial charge in [0.1, 0.15) is 11.6 Å². The predicted molar refractivity (Wildman–Crippen MR) is 80.7 cm³/mol. The number of imidazole rings is 1. The Morgan fingerprint density at radius 1 is 1.19 bits per heavy atom. The van der Waals surface area contributed by atoms with E-state index in [2.05, 4.69) is 33.6 Å². The molecule has 4 heteroatoms. The molecule has 0 spiro atoms. The maximum absolute atomic E-state index is 5.57. The third-order valence-corrected chi connectivity index (χ3v) is 3.84. The summed E-state index contributed by atoms with van der Waals surface area (Å²) in [6.45, 7) is 2.83. The van der Waals surface area contributed by atoms with Crippen LogP contribution >= 0.6 is 0 Å². The van der Waals surface area contributed by atoms with Crippen molar-refractivity contribution in [2.75, 3.05) is 6.61 Å². The number of aryl methyl sites for hydroxylation is 1. The van der Waals surface area contributed by atoms with Gasteiger partial charge in [-0.05, 0) is 42.3 Å². The van der Waals surface area contributed by atoms with E-state index in [1.165, 1.54) is 5.56 Å². The highest BCUT2D eigenvalue weighted by atomic mass is 16.5. The zero-order chi connectivity index (χ0) is 14.2. The maximum atomic E-state index is 5.57. The van der Waals surface area contributed by atoms with Gasteiger partial charge in [0.2, 0.25) is 0 Å². The number of ether oxygens (including phenoxy) is 1. The molecule has 2 aromatic heterocycles. The van der Waals surface area contributed by atoms with Gasteiger partial charge in [-0.15, -0.1) is 0 Å². The molecular weight excluding hydrogens is 262 g/mol. The highest BCUT2D eigenvalue weighted by Crippen LogP contribution is 2.31. The van der Waals surface area contributed by atoms with Crippen molar-refractivity contribution in [1.29, 1.82) is 0 Å². The van der Waals surface area contributed by atoms with Crippen molar-refractivity contribution in [3.8, 4) is 22.8 Å². The number of nitrogens with zero attached hydrogens (tertiary/aromatic N) is 3. The summed E-state index contributed by atoms with van der Waals surface area (Å²) in [6, 6.07) is 8.30. The van der Waals surface area contributed by atoms with Crippen molar-refractivity contribution in [2.45, 2.75) is 13.3 Å². The molecule has 0 saturated carbocycles. The van der Waals surface area contributed by atoms with Crippen LogP contribution in [0.2, 0.25) is 0 Å². The highest BCUT2D eigenvalue weighted by molar-refractivity contribution is 5.62. The molecule has 104 valence electrons. The maximum Gasteiger partial charge on any atom is 0.144 e. The first-order valence-electron chi connectivity index (χ1n) is 7.03. The highest BCUT2D eigenvalue weighted by Gasteiger charge is 2.15. The molecule has 1 aliphatic rings. The van der Waals surface area contributed by atoms with E-state index >= 15 is 0 Å². The first-order valence-corrected chi connectivity index (χ1v) is 7.03. The molecule has 1 aromatic carbocycles. The first-order chi connectivity index (χ1) is 10.3. The number of aromatic nitrogens is 3. The molecule has 0 fully saturated rings. The van der Waals surface area contributed by atoms with Gasteiger partial charge in [-0.25, -0.2) is 4.98 Å². The molecule has 3 heterocycles. The minimum absolute atomic E-state index is 0.774. The van der Waals surface area contributed by atoms with Gasteiger partial charge in [-0.1, -0.05) is 0 Å². The van der Waals surface area contributed by atoms with E-state index in [0.29, 0.717) is 0 Å². The van der Waals surface area contributed by atoms with Gasteiger partial charge in [-0.3, -0.25) is 9.55 Å². The number of pyridine rings is 1. The summed E-state index contributed by atoms with van der Waals surface area (Å²) in [5.74, 6) is 1.94. The van der Waals surface area contributed by atoms with Crippen LogP contribution in [0.25, 0.3) is 17.1 Å². The summed E-state index contributed by atoms with van der Waals surface area (Å²) >= 11 is 0. The molecule has 21 heavy (non-hydrogen) atoms. The van der Waals surface area contributed by atoms with Crippen molar-refractivity contribution in [1.82, 2.24) is 14.5 Å². The summed E-state index contributed by atoms with van der Waals surface area (Å²) in [5.41, 5.74) is 4.60. The summed E-state index contributed by atoms with van der Waals surface area (Å²) in [4.78, 5) is 8.69. The number of benzene rings is 1. The summed E-state index contributed by atoms with van der Waals surface area (Å²) < 4.78 is 7.68. The standard InChI is InChI=1S/C17H15N3O/c1-12-11-18-6-4-15(12)20-8-7-19-17(20)14-2-3-16-13(10-14)5-9-21-16/h2-4,6-8,10-11H,5,9H2,1H3. The molecule has 1 aliphatic heterocycles. The lowest BCUT2D eigenvalue weighted by Gasteiger charge is -2.11. The van der Waals surface area contributed by atoms with Gasteiger partial charge in [0.15, 0.2) is 0 Å². The lowest BCUT2D eigenvalue weighted by molar-refractivity contribution is 0.357. The molecule has 4 nitrogen and oxygen atoms in total. The average molecular weight is 277 g/mol. The SMILES string of the molecule is Cc1cnccc1-n1ccnc1-c1ccc2c(c1)CCO2. The van der Waals surface area contributed by atoms with Crippen LogP contribution in [0.1, 0.15) is 11.1 Å². The van der Waals surface area contributed by atoms with Crippen LogP contribution in [0.5, 0.6) is 5.75 Å². The molecule has 0 bridgehead atoms. The topological polar surface area (TPSA) is 39.9 Å². The van der Waals surface area contributed by atoms with Crippen LogP contribution in [0.15, 0.2) is 49.1 Å². The van der Waals surface area contributed by atoms with Gasteiger partial charge in [0.25, 0.3) is 0 Å². The van der Waals surface area contributed by atoms with Crippen LogP contribution in [0.3, 0.4) is 0 Å². The number of hydrogen-bond acceptors (Lipinski definition) is 3. The molecule has 0 atom stereocenters. The van der Waals surface area contributed by atoms with E-state index in [-0.39, 0.29) is 0 Å². The van der Waals surface area contributed by atoms with Crippen LogP contribution in [-0.2, 0) is 6.42 Å². The van der Waals surface area contributed by atoms with Crippen molar-refractivity contribution in [3.63, 3.8) is 0 Å². The van der Waals surface area contributed by atoms with E-state index in [9.17, 15) is 0 Å². The molecule has 0 aliphatic carbocycles. The second-order valence-corrected chi connectivity index (χ2v) is 5.20. The molecule has 0 unspecified atom stereocenters. The molecule has 0 N–H and O–H groups in total. The molecule has 0 radical (unpaired) electrons. The lowest BCUT2D eigenvalue weighted by atomic mass is 10.1. The smallest absolute Gasteiger partial charge is 0.144 e. The van der Waals surface area contributed by atoms with Crippen molar-refractivity contribution in [3.05, 3.63) is 60.2 Å². The Balaban J connectivity index is 1.84. The second kappa shape index (κ2) is 4.74. The van der Waals surface area contributed by atoms with Crippen molar-refractivity contribution < 1.29 is 4.74 Å².